The Labute approximate surface area is 135 Å². The van der Waals surface area contributed by atoms with Crippen LogP contribution in [0.2, 0.25) is 0 Å². The summed E-state index contributed by atoms with van der Waals surface area (Å²) < 4.78 is 1.65. The number of likely N-dealkylation sites (tertiary alicyclic amines) is 1. The van der Waals surface area contributed by atoms with Gasteiger partial charge in [0.15, 0.2) is 5.69 Å². The molecule has 1 atom stereocenters. The molecular weight excluding hydrogens is 290 g/mol. The molecule has 0 saturated carbocycles. The molecule has 1 aromatic carbocycles. The number of aromatic nitrogens is 2. The second-order valence-electron chi connectivity index (χ2n) is 6.24. The average Bonchev–Trinajstić information content (AvgIpc) is 2.55. The topological polar surface area (TPSA) is 55.2 Å². The molecule has 1 aliphatic rings. The van der Waals surface area contributed by atoms with Crippen LogP contribution in [0.4, 0.5) is 0 Å². The van der Waals surface area contributed by atoms with Crippen molar-refractivity contribution in [3.05, 3.63) is 58.0 Å². The lowest BCUT2D eigenvalue weighted by atomic mass is 10.00. The lowest BCUT2D eigenvalue weighted by Gasteiger charge is -2.30. The van der Waals surface area contributed by atoms with Gasteiger partial charge in [-0.1, -0.05) is 25.1 Å². The van der Waals surface area contributed by atoms with Gasteiger partial charge in [0.25, 0.3) is 5.91 Å². The molecule has 120 valence electrons. The normalized spacial score (nSPS) is 18.0. The zero-order chi connectivity index (χ0) is 16.4. The van der Waals surface area contributed by atoms with E-state index in [1.807, 2.05) is 37.3 Å². The fourth-order valence-electron chi connectivity index (χ4n) is 3.05. The van der Waals surface area contributed by atoms with Gasteiger partial charge in [-0.3, -0.25) is 9.59 Å². The van der Waals surface area contributed by atoms with Crippen LogP contribution in [0, 0.1) is 12.8 Å². The minimum atomic E-state index is -0.307. The van der Waals surface area contributed by atoms with Crippen LogP contribution < -0.4 is 5.43 Å². The Hall–Kier alpha value is -2.43. The number of para-hydroxylation sites is 1. The molecule has 1 aromatic heterocycles. The van der Waals surface area contributed by atoms with Gasteiger partial charge in [0, 0.05) is 24.8 Å². The van der Waals surface area contributed by atoms with Crippen molar-refractivity contribution in [1.29, 1.82) is 0 Å². The van der Waals surface area contributed by atoms with Crippen LogP contribution in [0.3, 0.4) is 0 Å². The number of benzene rings is 1. The average molecular weight is 311 g/mol. The van der Waals surface area contributed by atoms with E-state index in [-0.39, 0.29) is 17.0 Å². The molecule has 2 heterocycles. The van der Waals surface area contributed by atoms with E-state index in [0.29, 0.717) is 24.7 Å². The van der Waals surface area contributed by atoms with Gasteiger partial charge in [-0.05, 0) is 37.8 Å². The van der Waals surface area contributed by atoms with Crippen molar-refractivity contribution in [3.63, 3.8) is 0 Å². The number of hydrogen-bond acceptors (Lipinski definition) is 3. The quantitative estimate of drug-likeness (QED) is 0.856. The Kier molecular flexibility index (Phi) is 4.28. The fraction of sp³-hybridized carbons (Fsp3) is 0.389. The van der Waals surface area contributed by atoms with E-state index in [1.165, 1.54) is 6.07 Å². The van der Waals surface area contributed by atoms with Crippen molar-refractivity contribution < 1.29 is 4.79 Å². The maximum absolute atomic E-state index is 12.7. The van der Waals surface area contributed by atoms with Gasteiger partial charge in [0.2, 0.25) is 5.43 Å². The number of carbonyl (C=O) groups excluding carboxylic acids is 1. The number of nitrogens with zero attached hydrogens (tertiary/aromatic N) is 3. The molecular formula is C18H21N3O2. The van der Waals surface area contributed by atoms with Gasteiger partial charge < -0.3 is 4.90 Å². The SMILES string of the molecule is Cc1cc(=O)c(C(=O)N2CCCC(C)C2)nn1-c1ccccc1. The summed E-state index contributed by atoms with van der Waals surface area (Å²) in [5, 5.41) is 4.36. The lowest BCUT2D eigenvalue weighted by molar-refractivity contribution is 0.0673. The Morgan fingerprint density at radius 2 is 2.00 bits per heavy atom. The summed E-state index contributed by atoms with van der Waals surface area (Å²) in [6.07, 6.45) is 2.10. The van der Waals surface area contributed by atoms with Crippen molar-refractivity contribution in [2.45, 2.75) is 26.7 Å². The number of aryl methyl sites for hydroxylation is 1. The summed E-state index contributed by atoms with van der Waals surface area (Å²) in [6.45, 7) is 5.34. The van der Waals surface area contributed by atoms with Crippen LogP contribution in [-0.2, 0) is 0 Å². The van der Waals surface area contributed by atoms with Gasteiger partial charge in [-0.25, -0.2) is 4.68 Å². The van der Waals surface area contributed by atoms with Crippen LogP contribution in [0.5, 0.6) is 0 Å². The van der Waals surface area contributed by atoms with Crippen molar-refractivity contribution in [1.82, 2.24) is 14.7 Å². The third-order valence-corrected chi connectivity index (χ3v) is 4.26. The molecule has 1 fully saturated rings. The molecule has 1 aliphatic heterocycles. The first-order chi connectivity index (χ1) is 11.1. The van der Waals surface area contributed by atoms with Crippen molar-refractivity contribution >= 4 is 5.91 Å². The van der Waals surface area contributed by atoms with Crippen LogP contribution in [0.25, 0.3) is 5.69 Å². The molecule has 0 aliphatic carbocycles. The Bertz CT molecular complexity index is 768. The molecule has 1 unspecified atom stereocenters. The molecule has 0 spiro atoms. The summed E-state index contributed by atoms with van der Waals surface area (Å²) in [5.74, 6) is 0.209. The Morgan fingerprint density at radius 3 is 2.70 bits per heavy atom. The van der Waals surface area contributed by atoms with Crippen molar-refractivity contribution in [2.75, 3.05) is 13.1 Å². The van der Waals surface area contributed by atoms with E-state index in [4.69, 9.17) is 0 Å². The fourth-order valence-corrected chi connectivity index (χ4v) is 3.05. The van der Waals surface area contributed by atoms with Crippen LogP contribution in [0.15, 0.2) is 41.2 Å². The van der Waals surface area contributed by atoms with Gasteiger partial charge in [0.05, 0.1) is 5.69 Å². The maximum atomic E-state index is 12.7. The minimum absolute atomic E-state index is 0.00792. The maximum Gasteiger partial charge on any atom is 0.278 e. The predicted molar refractivity (Wildman–Crippen MR) is 88.9 cm³/mol. The van der Waals surface area contributed by atoms with Crippen LogP contribution in [0.1, 0.15) is 35.9 Å². The Balaban J connectivity index is 1.99. The summed E-state index contributed by atoms with van der Waals surface area (Å²) in [5.41, 5.74) is 1.25. The van der Waals surface area contributed by atoms with E-state index in [2.05, 4.69) is 12.0 Å². The highest BCUT2D eigenvalue weighted by atomic mass is 16.2. The molecule has 3 rings (SSSR count). The third kappa shape index (κ3) is 3.18. The van der Waals surface area contributed by atoms with Crippen LogP contribution in [-0.4, -0.2) is 33.7 Å². The molecule has 23 heavy (non-hydrogen) atoms. The number of hydrogen-bond donors (Lipinski definition) is 0. The van der Waals surface area contributed by atoms with E-state index < -0.39 is 0 Å². The molecule has 2 aromatic rings. The molecule has 0 bridgehead atoms. The molecule has 1 amide bonds. The van der Waals surface area contributed by atoms with Crippen molar-refractivity contribution in [3.8, 4) is 5.69 Å². The highest BCUT2D eigenvalue weighted by Gasteiger charge is 2.25. The molecule has 5 nitrogen and oxygen atoms in total. The van der Waals surface area contributed by atoms with Crippen molar-refractivity contribution in [2.24, 2.45) is 5.92 Å². The number of amides is 1. The zero-order valence-electron chi connectivity index (χ0n) is 13.5. The highest BCUT2D eigenvalue weighted by Crippen LogP contribution is 2.17. The Morgan fingerprint density at radius 1 is 1.26 bits per heavy atom. The summed E-state index contributed by atoms with van der Waals surface area (Å²) in [6, 6.07) is 11.0. The summed E-state index contributed by atoms with van der Waals surface area (Å²) >= 11 is 0. The second kappa shape index (κ2) is 6.36. The number of carbonyl (C=O) groups is 1. The van der Waals surface area contributed by atoms with Gasteiger partial charge in [-0.2, -0.15) is 5.10 Å². The van der Waals surface area contributed by atoms with Crippen LogP contribution >= 0.6 is 0 Å². The lowest BCUT2D eigenvalue weighted by Crippen LogP contribution is -2.42. The van der Waals surface area contributed by atoms with Gasteiger partial charge >= 0.3 is 0 Å². The standard InChI is InChI=1S/C18H21N3O2/c1-13-7-6-10-20(12-13)18(23)17-16(22)11-14(2)21(19-17)15-8-4-3-5-9-15/h3-5,8-9,11,13H,6-7,10,12H2,1-2H3. The highest BCUT2D eigenvalue weighted by molar-refractivity contribution is 5.92. The number of piperidine rings is 1. The second-order valence-corrected chi connectivity index (χ2v) is 6.24. The molecule has 5 heteroatoms. The van der Waals surface area contributed by atoms with E-state index >= 15 is 0 Å². The smallest absolute Gasteiger partial charge is 0.278 e. The largest absolute Gasteiger partial charge is 0.337 e. The molecule has 0 radical (unpaired) electrons. The number of rotatable bonds is 2. The molecule has 1 saturated heterocycles. The first-order valence-electron chi connectivity index (χ1n) is 8.02. The van der Waals surface area contributed by atoms with E-state index in [0.717, 1.165) is 18.5 Å². The minimum Gasteiger partial charge on any atom is -0.337 e. The van der Waals surface area contributed by atoms with Gasteiger partial charge in [0.1, 0.15) is 0 Å². The summed E-state index contributed by atoms with van der Waals surface area (Å²) in [7, 11) is 0. The third-order valence-electron chi connectivity index (χ3n) is 4.26. The first kappa shape index (κ1) is 15.5. The first-order valence-corrected chi connectivity index (χ1v) is 8.02. The van der Waals surface area contributed by atoms with E-state index in [1.54, 1.807) is 9.58 Å². The monoisotopic (exact) mass is 311 g/mol. The summed E-state index contributed by atoms with van der Waals surface area (Å²) in [4.78, 5) is 26.7. The predicted octanol–water partition coefficient (Wildman–Crippen LogP) is 2.41. The zero-order valence-corrected chi connectivity index (χ0v) is 13.5. The van der Waals surface area contributed by atoms with E-state index in [9.17, 15) is 9.59 Å². The molecule has 0 N–H and O–H groups in total. The van der Waals surface area contributed by atoms with Gasteiger partial charge in [-0.15, -0.1) is 0 Å².